The normalized spacial score (nSPS) is 13.0. The molecule has 0 heterocycles. The summed E-state index contributed by atoms with van der Waals surface area (Å²) in [5.41, 5.74) is 4.63. The molecule has 5 heteroatoms. The Balaban J connectivity index is 3.20. The van der Waals surface area contributed by atoms with E-state index in [0.717, 1.165) is 12.1 Å². The number of halogens is 3. The van der Waals surface area contributed by atoms with E-state index in [-0.39, 0.29) is 11.6 Å². The lowest BCUT2D eigenvalue weighted by atomic mass is 10.1. The van der Waals surface area contributed by atoms with Gasteiger partial charge in [0.2, 0.25) is 0 Å². The van der Waals surface area contributed by atoms with Crippen LogP contribution in [-0.2, 0) is 0 Å². The fourth-order valence-corrected chi connectivity index (χ4v) is 1.18. The van der Waals surface area contributed by atoms with E-state index in [4.69, 9.17) is 22.4 Å². The van der Waals surface area contributed by atoms with Crippen LogP contribution in [0.5, 0.6) is 0 Å². The fraction of sp³-hybridized carbons (Fsp3) is 0.250. The molecule has 1 unspecified atom stereocenters. The Kier molecular flexibility index (Phi) is 3.19. The molecule has 1 atom stereocenters. The second-order valence-corrected chi connectivity index (χ2v) is 2.97. The van der Waals surface area contributed by atoms with Gasteiger partial charge in [-0.05, 0) is 12.1 Å². The van der Waals surface area contributed by atoms with Crippen molar-refractivity contribution in [2.24, 2.45) is 5.73 Å². The Morgan fingerprint density at radius 2 is 1.85 bits per heavy atom. The Labute approximate surface area is 78.9 Å². The largest absolute Gasteiger partial charge is 0.387 e. The summed E-state index contributed by atoms with van der Waals surface area (Å²) in [7, 11) is 0. The van der Waals surface area contributed by atoms with E-state index < -0.39 is 23.3 Å². The maximum Gasteiger partial charge on any atom is 0.133 e. The van der Waals surface area contributed by atoms with Crippen LogP contribution < -0.4 is 5.73 Å². The predicted octanol–water partition coefficient (Wildman–Crippen LogP) is 1.61. The van der Waals surface area contributed by atoms with Gasteiger partial charge >= 0.3 is 0 Å². The van der Waals surface area contributed by atoms with E-state index in [9.17, 15) is 8.78 Å². The van der Waals surface area contributed by atoms with Crippen molar-refractivity contribution in [1.29, 1.82) is 0 Å². The fourth-order valence-electron chi connectivity index (χ4n) is 0.990. The molecule has 0 saturated carbocycles. The number of rotatable bonds is 2. The van der Waals surface area contributed by atoms with E-state index in [0.29, 0.717) is 0 Å². The van der Waals surface area contributed by atoms with Crippen molar-refractivity contribution >= 4 is 11.6 Å². The first-order valence-electron chi connectivity index (χ1n) is 3.59. The van der Waals surface area contributed by atoms with Gasteiger partial charge in [0.05, 0.1) is 11.7 Å². The Morgan fingerprint density at radius 3 is 2.23 bits per heavy atom. The molecule has 0 fully saturated rings. The van der Waals surface area contributed by atoms with Gasteiger partial charge in [-0.1, -0.05) is 11.6 Å². The van der Waals surface area contributed by atoms with Gasteiger partial charge in [0.25, 0.3) is 0 Å². The van der Waals surface area contributed by atoms with Gasteiger partial charge in [0.1, 0.15) is 11.6 Å². The lowest BCUT2D eigenvalue weighted by molar-refractivity contribution is 0.176. The molecule has 0 aliphatic heterocycles. The molecule has 13 heavy (non-hydrogen) atoms. The number of hydrogen-bond donors (Lipinski definition) is 2. The lowest BCUT2D eigenvalue weighted by Crippen LogP contribution is -2.14. The summed E-state index contributed by atoms with van der Waals surface area (Å²) in [5, 5.41) is 9.08. The zero-order chi connectivity index (χ0) is 10.0. The highest BCUT2D eigenvalue weighted by Gasteiger charge is 2.17. The van der Waals surface area contributed by atoms with Crippen molar-refractivity contribution in [2.75, 3.05) is 6.54 Å². The summed E-state index contributed by atoms with van der Waals surface area (Å²) >= 11 is 5.38. The smallest absolute Gasteiger partial charge is 0.133 e. The summed E-state index contributed by atoms with van der Waals surface area (Å²) < 4.78 is 26.0. The molecule has 72 valence electrons. The van der Waals surface area contributed by atoms with Crippen LogP contribution in [0.2, 0.25) is 5.02 Å². The van der Waals surface area contributed by atoms with Crippen LogP contribution in [0, 0.1) is 11.6 Å². The summed E-state index contributed by atoms with van der Waals surface area (Å²) in [6, 6.07) is 1.86. The number of aliphatic hydroxyl groups excluding tert-OH is 1. The van der Waals surface area contributed by atoms with Gasteiger partial charge in [-0.3, -0.25) is 0 Å². The highest BCUT2D eigenvalue weighted by Crippen LogP contribution is 2.23. The maximum atomic E-state index is 13.0. The van der Waals surface area contributed by atoms with E-state index in [1.54, 1.807) is 0 Å². The summed E-state index contributed by atoms with van der Waals surface area (Å²) in [6.07, 6.45) is -1.34. The van der Waals surface area contributed by atoms with Crippen molar-refractivity contribution in [3.05, 3.63) is 34.4 Å². The van der Waals surface area contributed by atoms with Crippen LogP contribution in [0.3, 0.4) is 0 Å². The maximum absolute atomic E-state index is 13.0. The van der Waals surface area contributed by atoms with Gasteiger partial charge in [0, 0.05) is 11.6 Å². The minimum absolute atomic E-state index is 0.0528. The average Bonchev–Trinajstić information content (AvgIpc) is 2.02. The molecule has 0 bridgehead atoms. The topological polar surface area (TPSA) is 46.2 Å². The van der Waals surface area contributed by atoms with Crippen LogP contribution in [-0.4, -0.2) is 11.7 Å². The Hall–Kier alpha value is -0.710. The molecule has 0 radical (unpaired) electrons. The van der Waals surface area contributed by atoms with E-state index >= 15 is 0 Å². The second-order valence-electron chi connectivity index (χ2n) is 2.53. The quantitative estimate of drug-likeness (QED) is 0.774. The second kappa shape index (κ2) is 4.00. The molecule has 0 spiro atoms. The van der Waals surface area contributed by atoms with Gasteiger partial charge in [-0.2, -0.15) is 0 Å². The molecule has 0 saturated heterocycles. The minimum atomic E-state index is -1.34. The Bertz CT molecular complexity index is 296. The SMILES string of the molecule is NCC(O)c1c(F)cc(Cl)cc1F. The first kappa shape index (κ1) is 10.4. The zero-order valence-electron chi connectivity index (χ0n) is 6.60. The van der Waals surface area contributed by atoms with E-state index in [1.165, 1.54) is 0 Å². The number of hydrogen-bond acceptors (Lipinski definition) is 2. The first-order valence-corrected chi connectivity index (χ1v) is 3.96. The van der Waals surface area contributed by atoms with Crippen molar-refractivity contribution < 1.29 is 13.9 Å². The van der Waals surface area contributed by atoms with Crippen LogP contribution in [0.1, 0.15) is 11.7 Å². The molecule has 0 amide bonds. The number of benzene rings is 1. The molecular formula is C8H8ClF2NO. The molecule has 1 aromatic carbocycles. The molecule has 3 N–H and O–H groups in total. The minimum Gasteiger partial charge on any atom is -0.387 e. The predicted molar refractivity (Wildman–Crippen MR) is 45.4 cm³/mol. The molecule has 0 aliphatic rings. The van der Waals surface area contributed by atoms with Crippen LogP contribution >= 0.6 is 11.6 Å². The molecule has 1 rings (SSSR count). The van der Waals surface area contributed by atoms with E-state index in [2.05, 4.69) is 0 Å². The van der Waals surface area contributed by atoms with E-state index in [1.807, 2.05) is 0 Å². The molecule has 0 aliphatic carbocycles. The zero-order valence-corrected chi connectivity index (χ0v) is 7.35. The monoisotopic (exact) mass is 207 g/mol. The number of aliphatic hydroxyl groups is 1. The standard InChI is InChI=1S/C8H8ClF2NO/c9-4-1-5(10)8(6(11)2-4)7(13)3-12/h1-2,7,13H,3,12H2. The highest BCUT2D eigenvalue weighted by molar-refractivity contribution is 6.30. The molecule has 2 nitrogen and oxygen atoms in total. The van der Waals surface area contributed by atoms with Crippen molar-refractivity contribution in [1.82, 2.24) is 0 Å². The third kappa shape index (κ3) is 2.15. The Morgan fingerprint density at radius 1 is 1.38 bits per heavy atom. The van der Waals surface area contributed by atoms with Gasteiger partial charge in [-0.25, -0.2) is 8.78 Å². The van der Waals surface area contributed by atoms with Crippen LogP contribution in [0.25, 0.3) is 0 Å². The van der Waals surface area contributed by atoms with Crippen molar-refractivity contribution in [3.63, 3.8) is 0 Å². The van der Waals surface area contributed by atoms with Crippen LogP contribution in [0.4, 0.5) is 8.78 Å². The lowest BCUT2D eigenvalue weighted by Gasteiger charge is -2.10. The van der Waals surface area contributed by atoms with Crippen molar-refractivity contribution in [2.45, 2.75) is 6.10 Å². The molecule has 1 aromatic rings. The number of nitrogens with two attached hydrogens (primary N) is 1. The van der Waals surface area contributed by atoms with Crippen LogP contribution in [0.15, 0.2) is 12.1 Å². The average molecular weight is 208 g/mol. The first-order chi connectivity index (χ1) is 6.06. The third-order valence-corrected chi connectivity index (χ3v) is 1.82. The van der Waals surface area contributed by atoms with Gasteiger partial charge < -0.3 is 10.8 Å². The highest BCUT2D eigenvalue weighted by atomic mass is 35.5. The van der Waals surface area contributed by atoms with Gasteiger partial charge in [-0.15, -0.1) is 0 Å². The summed E-state index contributed by atoms with van der Waals surface area (Å²) in [6.45, 7) is -0.241. The molecular weight excluding hydrogens is 200 g/mol. The third-order valence-electron chi connectivity index (χ3n) is 1.60. The van der Waals surface area contributed by atoms with Crippen molar-refractivity contribution in [3.8, 4) is 0 Å². The summed E-state index contributed by atoms with van der Waals surface area (Å²) in [4.78, 5) is 0. The van der Waals surface area contributed by atoms with Gasteiger partial charge in [0.15, 0.2) is 0 Å². The molecule has 0 aromatic heterocycles. The summed E-state index contributed by atoms with van der Waals surface area (Å²) in [5.74, 6) is -1.77.